The average Bonchev–Trinajstić information content (AvgIpc) is 2.80. The van der Waals surface area contributed by atoms with Crippen molar-refractivity contribution >= 4 is 5.69 Å². The molecule has 2 rings (SSSR count). The molecule has 0 aliphatic carbocycles. The lowest BCUT2D eigenvalue weighted by Gasteiger charge is -2.12. The van der Waals surface area contributed by atoms with Gasteiger partial charge in [0.1, 0.15) is 11.3 Å². The third-order valence-electron chi connectivity index (χ3n) is 3.08. The van der Waals surface area contributed by atoms with Crippen LogP contribution in [0.5, 0.6) is 0 Å². The molecule has 0 amide bonds. The molecule has 1 aromatic carbocycles. The summed E-state index contributed by atoms with van der Waals surface area (Å²) in [6.45, 7) is 6.69. The molecular weight excluding hydrogens is 260 g/mol. The number of aromatic nitrogens is 3. The van der Waals surface area contributed by atoms with Gasteiger partial charge >= 0.3 is 0 Å². The molecule has 0 spiro atoms. The fraction of sp³-hybridized carbons (Fsp3) is 0.385. The molecule has 20 heavy (non-hydrogen) atoms. The second-order valence-corrected chi connectivity index (χ2v) is 5.29. The molecule has 1 aromatic heterocycles. The maximum absolute atomic E-state index is 10.9. The number of hydrogen-bond donors (Lipinski definition) is 1. The minimum atomic E-state index is -1.08. The van der Waals surface area contributed by atoms with Gasteiger partial charge in [-0.25, -0.2) is 4.68 Å². The van der Waals surface area contributed by atoms with Gasteiger partial charge in [0.25, 0.3) is 5.69 Å². The molecule has 0 radical (unpaired) electrons. The van der Waals surface area contributed by atoms with E-state index in [4.69, 9.17) is 0 Å². The van der Waals surface area contributed by atoms with E-state index in [2.05, 4.69) is 10.3 Å². The molecule has 0 unspecified atom stereocenters. The van der Waals surface area contributed by atoms with Crippen LogP contribution in [0.3, 0.4) is 0 Å². The molecule has 0 aliphatic rings. The van der Waals surface area contributed by atoms with Crippen molar-refractivity contribution in [2.75, 3.05) is 0 Å². The van der Waals surface area contributed by atoms with Crippen LogP contribution in [0.25, 0.3) is 5.69 Å². The van der Waals surface area contributed by atoms with Crippen LogP contribution in [0.2, 0.25) is 0 Å². The fourth-order valence-electron chi connectivity index (χ4n) is 1.89. The van der Waals surface area contributed by atoms with Gasteiger partial charge in [-0.05, 0) is 39.3 Å². The van der Waals surface area contributed by atoms with Gasteiger partial charge in [-0.1, -0.05) is 5.21 Å². The van der Waals surface area contributed by atoms with E-state index in [-0.39, 0.29) is 5.69 Å². The molecule has 2 aromatic rings. The Morgan fingerprint density at radius 1 is 1.30 bits per heavy atom. The second-order valence-electron chi connectivity index (χ2n) is 5.29. The van der Waals surface area contributed by atoms with Crippen LogP contribution >= 0.6 is 0 Å². The largest absolute Gasteiger partial charge is 0.384 e. The Morgan fingerprint density at radius 3 is 2.45 bits per heavy atom. The number of nitrogens with zero attached hydrogens (tertiary/aromatic N) is 4. The summed E-state index contributed by atoms with van der Waals surface area (Å²) in [7, 11) is 0. The highest BCUT2D eigenvalue weighted by atomic mass is 16.6. The van der Waals surface area contributed by atoms with Crippen molar-refractivity contribution in [2.24, 2.45) is 0 Å². The number of nitro groups is 1. The van der Waals surface area contributed by atoms with Crippen LogP contribution in [-0.4, -0.2) is 25.0 Å². The maximum Gasteiger partial charge on any atom is 0.272 e. The predicted octanol–water partition coefficient (Wildman–Crippen LogP) is 2.02. The summed E-state index contributed by atoms with van der Waals surface area (Å²) in [6.07, 6.45) is 1.62. The van der Waals surface area contributed by atoms with Crippen LogP contribution in [0.15, 0.2) is 18.3 Å². The van der Waals surface area contributed by atoms with Crippen molar-refractivity contribution in [1.82, 2.24) is 15.0 Å². The Kier molecular flexibility index (Phi) is 3.31. The fourth-order valence-corrected chi connectivity index (χ4v) is 1.89. The first-order valence-electron chi connectivity index (χ1n) is 6.11. The summed E-state index contributed by atoms with van der Waals surface area (Å²) >= 11 is 0. The Balaban J connectivity index is 2.51. The van der Waals surface area contributed by atoms with Crippen molar-refractivity contribution in [3.05, 3.63) is 45.3 Å². The molecule has 1 N–H and O–H groups in total. The Labute approximate surface area is 116 Å². The number of hydrogen-bond acceptors (Lipinski definition) is 5. The van der Waals surface area contributed by atoms with Gasteiger partial charge in [0.15, 0.2) is 0 Å². The minimum Gasteiger partial charge on any atom is -0.384 e. The van der Waals surface area contributed by atoms with E-state index in [0.717, 1.165) is 5.56 Å². The molecule has 0 saturated carbocycles. The summed E-state index contributed by atoms with van der Waals surface area (Å²) < 4.78 is 1.51. The van der Waals surface area contributed by atoms with Crippen LogP contribution < -0.4 is 0 Å². The number of rotatable bonds is 3. The normalized spacial score (nSPS) is 11.7. The Morgan fingerprint density at radius 2 is 1.95 bits per heavy atom. The zero-order valence-corrected chi connectivity index (χ0v) is 11.8. The van der Waals surface area contributed by atoms with Crippen molar-refractivity contribution < 1.29 is 10.0 Å². The highest BCUT2D eigenvalue weighted by Gasteiger charge is 2.21. The van der Waals surface area contributed by atoms with E-state index in [0.29, 0.717) is 16.9 Å². The molecule has 7 heteroatoms. The molecule has 0 fully saturated rings. The van der Waals surface area contributed by atoms with E-state index in [1.54, 1.807) is 40.0 Å². The molecule has 0 aliphatic heterocycles. The standard InChI is InChI=1S/C13H16N4O3/c1-8-6-11(17(19)20)9(2)5-10(8)16-7-12(14-15-16)13(3,4)18/h5-7,18H,1-4H3. The van der Waals surface area contributed by atoms with Crippen molar-refractivity contribution in [3.8, 4) is 5.69 Å². The molecule has 0 atom stereocenters. The van der Waals surface area contributed by atoms with Crippen LogP contribution in [-0.2, 0) is 5.60 Å². The predicted molar refractivity (Wildman–Crippen MR) is 72.7 cm³/mol. The van der Waals surface area contributed by atoms with Crippen molar-refractivity contribution in [3.63, 3.8) is 0 Å². The van der Waals surface area contributed by atoms with E-state index >= 15 is 0 Å². The van der Waals surface area contributed by atoms with Crippen LogP contribution in [0.4, 0.5) is 5.69 Å². The van der Waals surface area contributed by atoms with E-state index in [1.165, 1.54) is 10.7 Å². The monoisotopic (exact) mass is 276 g/mol. The molecule has 7 nitrogen and oxygen atoms in total. The van der Waals surface area contributed by atoms with E-state index in [1.807, 2.05) is 0 Å². The number of benzene rings is 1. The zero-order chi connectivity index (χ0) is 15.1. The third-order valence-corrected chi connectivity index (χ3v) is 3.08. The Hall–Kier alpha value is -2.28. The van der Waals surface area contributed by atoms with Gasteiger partial charge in [0, 0.05) is 11.6 Å². The first-order valence-corrected chi connectivity index (χ1v) is 6.11. The highest BCUT2D eigenvalue weighted by Crippen LogP contribution is 2.25. The Bertz CT molecular complexity index is 671. The molecule has 0 bridgehead atoms. The van der Waals surface area contributed by atoms with Crippen molar-refractivity contribution in [2.45, 2.75) is 33.3 Å². The molecule has 106 valence electrons. The molecule has 1 heterocycles. The lowest BCUT2D eigenvalue weighted by molar-refractivity contribution is -0.385. The number of aliphatic hydroxyl groups is 1. The average molecular weight is 276 g/mol. The number of nitro benzene ring substituents is 1. The van der Waals surface area contributed by atoms with Crippen molar-refractivity contribution in [1.29, 1.82) is 0 Å². The quantitative estimate of drug-likeness (QED) is 0.683. The third kappa shape index (κ3) is 2.53. The summed E-state index contributed by atoms with van der Waals surface area (Å²) in [5.41, 5.74) is 1.41. The first kappa shape index (κ1) is 14.1. The lowest BCUT2D eigenvalue weighted by Crippen LogP contribution is -2.15. The SMILES string of the molecule is Cc1cc([N+](=O)[O-])c(C)cc1-n1cc(C(C)(C)O)nn1. The lowest BCUT2D eigenvalue weighted by atomic mass is 10.1. The minimum absolute atomic E-state index is 0.0778. The highest BCUT2D eigenvalue weighted by molar-refractivity contribution is 5.52. The van der Waals surface area contributed by atoms with Crippen LogP contribution in [0, 0.1) is 24.0 Å². The summed E-state index contributed by atoms with van der Waals surface area (Å²) in [4.78, 5) is 10.5. The van der Waals surface area contributed by atoms with Gasteiger partial charge in [-0.2, -0.15) is 0 Å². The van der Waals surface area contributed by atoms with Crippen LogP contribution in [0.1, 0.15) is 30.7 Å². The zero-order valence-electron chi connectivity index (χ0n) is 11.8. The van der Waals surface area contributed by atoms with Gasteiger partial charge in [0.2, 0.25) is 0 Å². The van der Waals surface area contributed by atoms with Gasteiger partial charge in [-0.3, -0.25) is 10.1 Å². The summed E-state index contributed by atoms with van der Waals surface area (Å²) in [5.74, 6) is 0. The van der Waals surface area contributed by atoms with Gasteiger partial charge < -0.3 is 5.11 Å². The first-order chi connectivity index (χ1) is 9.20. The van der Waals surface area contributed by atoms with Gasteiger partial charge in [-0.15, -0.1) is 5.10 Å². The molecule has 0 saturated heterocycles. The second kappa shape index (κ2) is 4.68. The van der Waals surface area contributed by atoms with E-state index in [9.17, 15) is 15.2 Å². The molecular formula is C13H16N4O3. The van der Waals surface area contributed by atoms with Gasteiger partial charge in [0.05, 0.1) is 16.8 Å². The number of aryl methyl sites for hydroxylation is 2. The maximum atomic E-state index is 10.9. The smallest absolute Gasteiger partial charge is 0.272 e. The topological polar surface area (TPSA) is 94.1 Å². The summed E-state index contributed by atoms with van der Waals surface area (Å²) in [5, 5.41) is 28.7. The summed E-state index contributed by atoms with van der Waals surface area (Å²) in [6, 6.07) is 3.20. The van der Waals surface area contributed by atoms with E-state index < -0.39 is 10.5 Å².